The Hall–Kier alpha value is -1.06. The van der Waals surface area contributed by atoms with E-state index in [2.05, 4.69) is 55.8 Å². The number of rotatable bonds is 3. The van der Waals surface area contributed by atoms with Crippen molar-refractivity contribution in [2.75, 3.05) is 40.3 Å². The van der Waals surface area contributed by atoms with Crippen molar-refractivity contribution in [3.05, 3.63) is 29.3 Å². The van der Waals surface area contributed by atoms with Gasteiger partial charge in [0.1, 0.15) is 5.75 Å². The molecule has 1 aromatic rings. The maximum atomic E-state index is 5.54. The SMILES string of the molecule is COc1ccc(C(C)(C)C)cc1CN1CCN(C)CC1. The number of methoxy groups -OCH3 is 1. The third-order valence-corrected chi connectivity index (χ3v) is 4.14. The van der Waals surface area contributed by atoms with Gasteiger partial charge in [0, 0.05) is 38.3 Å². The molecule has 0 aliphatic carbocycles. The molecular weight excluding hydrogens is 248 g/mol. The van der Waals surface area contributed by atoms with E-state index in [-0.39, 0.29) is 5.41 Å². The summed E-state index contributed by atoms with van der Waals surface area (Å²) in [5.74, 6) is 1.01. The van der Waals surface area contributed by atoms with Gasteiger partial charge in [-0.15, -0.1) is 0 Å². The highest BCUT2D eigenvalue weighted by atomic mass is 16.5. The molecule has 1 aromatic carbocycles. The quantitative estimate of drug-likeness (QED) is 0.844. The molecule has 0 bridgehead atoms. The fourth-order valence-electron chi connectivity index (χ4n) is 2.62. The fraction of sp³-hybridized carbons (Fsp3) is 0.647. The lowest BCUT2D eigenvalue weighted by Crippen LogP contribution is -2.43. The molecule has 0 N–H and O–H groups in total. The van der Waals surface area contributed by atoms with Crippen molar-refractivity contribution in [1.82, 2.24) is 9.80 Å². The predicted molar refractivity (Wildman–Crippen MR) is 84.5 cm³/mol. The van der Waals surface area contributed by atoms with Crippen molar-refractivity contribution in [1.29, 1.82) is 0 Å². The Balaban J connectivity index is 2.16. The van der Waals surface area contributed by atoms with Crippen LogP contribution in [0.25, 0.3) is 0 Å². The molecule has 20 heavy (non-hydrogen) atoms. The molecule has 0 amide bonds. The van der Waals surface area contributed by atoms with Crippen LogP contribution in [0.4, 0.5) is 0 Å². The summed E-state index contributed by atoms with van der Waals surface area (Å²) in [4.78, 5) is 4.91. The van der Waals surface area contributed by atoms with Crippen LogP contribution in [0.2, 0.25) is 0 Å². The van der Waals surface area contributed by atoms with E-state index < -0.39 is 0 Å². The Kier molecular flexibility index (Phi) is 4.71. The summed E-state index contributed by atoms with van der Waals surface area (Å²) in [5, 5.41) is 0. The van der Waals surface area contributed by atoms with E-state index in [9.17, 15) is 0 Å². The fourth-order valence-corrected chi connectivity index (χ4v) is 2.62. The Morgan fingerprint density at radius 1 is 1.10 bits per heavy atom. The molecule has 0 radical (unpaired) electrons. The Morgan fingerprint density at radius 3 is 2.30 bits per heavy atom. The van der Waals surface area contributed by atoms with Crippen molar-refractivity contribution in [2.24, 2.45) is 0 Å². The maximum absolute atomic E-state index is 5.54. The van der Waals surface area contributed by atoms with Crippen molar-refractivity contribution in [3.8, 4) is 5.75 Å². The van der Waals surface area contributed by atoms with Crippen LogP contribution in [0.5, 0.6) is 5.75 Å². The standard InChI is InChI=1S/C17H28N2O/c1-17(2,3)15-6-7-16(20-5)14(12-15)13-19-10-8-18(4)9-11-19/h6-7,12H,8-11,13H2,1-5H3. The molecule has 0 atom stereocenters. The van der Waals surface area contributed by atoms with Crippen molar-refractivity contribution < 1.29 is 4.74 Å². The van der Waals surface area contributed by atoms with Crippen molar-refractivity contribution in [2.45, 2.75) is 32.7 Å². The highest BCUT2D eigenvalue weighted by molar-refractivity contribution is 5.39. The van der Waals surface area contributed by atoms with E-state index in [1.807, 2.05) is 0 Å². The van der Waals surface area contributed by atoms with Gasteiger partial charge in [0.2, 0.25) is 0 Å². The molecule has 1 fully saturated rings. The van der Waals surface area contributed by atoms with Gasteiger partial charge in [0.05, 0.1) is 7.11 Å². The average Bonchev–Trinajstić information content (AvgIpc) is 2.40. The largest absolute Gasteiger partial charge is 0.496 e. The minimum Gasteiger partial charge on any atom is -0.496 e. The van der Waals surface area contributed by atoms with Gasteiger partial charge in [0.15, 0.2) is 0 Å². The van der Waals surface area contributed by atoms with E-state index in [0.717, 1.165) is 38.5 Å². The first kappa shape index (κ1) is 15.3. The van der Waals surface area contributed by atoms with Gasteiger partial charge in [-0.2, -0.15) is 0 Å². The van der Waals surface area contributed by atoms with Crippen LogP contribution in [0, 0.1) is 0 Å². The van der Waals surface area contributed by atoms with Gasteiger partial charge in [-0.25, -0.2) is 0 Å². The summed E-state index contributed by atoms with van der Waals surface area (Å²) in [7, 11) is 3.96. The first-order valence-corrected chi connectivity index (χ1v) is 7.48. The van der Waals surface area contributed by atoms with E-state index in [4.69, 9.17) is 4.74 Å². The lowest BCUT2D eigenvalue weighted by molar-refractivity contribution is 0.147. The number of hydrogen-bond acceptors (Lipinski definition) is 3. The molecule has 0 aromatic heterocycles. The predicted octanol–water partition coefficient (Wildman–Crippen LogP) is 2.74. The number of hydrogen-bond donors (Lipinski definition) is 0. The first-order valence-electron chi connectivity index (χ1n) is 7.48. The third kappa shape index (κ3) is 3.74. The Labute approximate surface area is 123 Å². The highest BCUT2D eigenvalue weighted by Crippen LogP contribution is 2.28. The minimum absolute atomic E-state index is 0.184. The molecule has 3 heteroatoms. The molecule has 1 saturated heterocycles. The second kappa shape index (κ2) is 6.15. The van der Waals surface area contributed by atoms with Gasteiger partial charge in [-0.1, -0.05) is 32.9 Å². The van der Waals surface area contributed by atoms with Gasteiger partial charge in [-0.3, -0.25) is 4.90 Å². The van der Waals surface area contributed by atoms with E-state index >= 15 is 0 Å². The van der Waals surface area contributed by atoms with Crippen LogP contribution < -0.4 is 4.74 Å². The zero-order chi connectivity index (χ0) is 14.8. The van der Waals surface area contributed by atoms with Gasteiger partial charge in [0.25, 0.3) is 0 Å². The number of ether oxygens (including phenoxy) is 1. The summed E-state index contributed by atoms with van der Waals surface area (Å²) < 4.78 is 5.54. The maximum Gasteiger partial charge on any atom is 0.123 e. The zero-order valence-electron chi connectivity index (χ0n) is 13.6. The van der Waals surface area contributed by atoms with Crippen LogP contribution in [-0.4, -0.2) is 50.1 Å². The topological polar surface area (TPSA) is 15.7 Å². The normalized spacial score (nSPS) is 18.2. The Morgan fingerprint density at radius 2 is 1.75 bits per heavy atom. The van der Waals surface area contributed by atoms with E-state index in [1.165, 1.54) is 11.1 Å². The average molecular weight is 276 g/mol. The zero-order valence-corrected chi connectivity index (χ0v) is 13.6. The van der Waals surface area contributed by atoms with Gasteiger partial charge >= 0.3 is 0 Å². The lowest BCUT2D eigenvalue weighted by atomic mass is 9.86. The second-order valence-electron chi connectivity index (χ2n) is 6.86. The molecular formula is C17H28N2O. The Bertz CT molecular complexity index is 443. The van der Waals surface area contributed by atoms with Crippen LogP contribution in [-0.2, 0) is 12.0 Å². The third-order valence-electron chi connectivity index (χ3n) is 4.14. The van der Waals surface area contributed by atoms with Crippen molar-refractivity contribution >= 4 is 0 Å². The van der Waals surface area contributed by atoms with Crippen LogP contribution in [0.15, 0.2) is 18.2 Å². The number of likely N-dealkylation sites (N-methyl/N-ethyl adjacent to an activating group) is 1. The minimum atomic E-state index is 0.184. The molecule has 2 rings (SSSR count). The highest BCUT2D eigenvalue weighted by Gasteiger charge is 2.19. The van der Waals surface area contributed by atoms with Gasteiger partial charge < -0.3 is 9.64 Å². The summed E-state index contributed by atoms with van der Waals surface area (Å²) in [6.07, 6.45) is 0. The molecule has 0 spiro atoms. The summed E-state index contributed by atoms with van der Waals surface area (Å²) >= 11 is 0. The molecule has 1 aliphatic rings. The summed E-state index contributed by atoms with van der Waals surface area (Å²) in [6.45, 7) is 12.3. The molecule has 1 heterocycles. The molecule has 0 saturated carbocycles. The lowest BCUT2D eigenvalue weighted by Gasteiger charge is -2.33. The summed E-state index contributed by atoms with van der Waals surface area (Å²) in [6, 6.07) is 6.62. The van der Waals surface area contributed by atoms with Crippen LogP contribution in [0.1, 0.15) is 31.9 Å². The molecule has 112 valence electrons. The molecule has 3 nitrogen and oxygen atoms in total. The van der Waals surface area contributed by atoms with Crippen LogP contribution >= 0.6 is 0 Å². The van der Waals surface area contributed by atoms with Crippen LogP contribution in [0.3, 0.4) is 0 Å². The second-order valence-corrected chi connectivity index (χ2v) is 6.86. The molecule has 1 aliphatic heterocycles. The summed E-state index contributed by atoms with van der Waals surface area (Å²) in [5.41, 5.74) is 2.87. The number of piperazine rings is 1. The smallest absolute Gasteiger partial charge is 0.123 e. The van der Waals surface area contributed by atoms with Crippen molar-refractivity contribution in [3.63, 3.8) is 0 Å². The van der Waals surface area contributed by atoms with E-state index in [0.29, 0.717) is 0 Å². The number of benzene rings is 1. The first-order chi connectivity index (χ1) is 9.40. The van der Waals surface area contributed by atoms with Gasteiger partial charge in [-0.05, 0) is 24.1 Å². The number of nitrogens with zero attached hydrogens (tertiary/aromatic N) is 2. The monoisotopic (exact) mass is 276 g/mol. The van der Waals surface area contributed by atoms with E-state index in [1.54, 1.807) is 7.11 Å². The molecule has 0 unspecified atom stereocenters.